The quantitative estimate of drug-likeness (QED) is 0.116. The van der Waals surface area contributed by atoms with Gasteiger partial charge in [-0.2, -0.15) is 0 Å². The second-order valence-corrected chi connectivity index (χ2v) is 19.0. The van der Waals surface area contributed by atoms with Gasteiger partial charge in [0.05, 0.1) is 30.9 Å². The van der Waals surface area contributed by atoms with E-state index in [1.54, 1.807) is 35.0 Å². The molecule has 4 fully saturated rings. The van der Waals surface area contributed by atoms with Crippen LogP contribution in [0.3, 0.4) is 0 Å². The first-order valence-electron chi connectivity index (χ1n) is 21.1. The normalized spacial score (nSPS) is 22.3. The van der Waals surface area contributed by atoms with Gasteiger partial charge in [-0.05, 0) is 142 Å². The highest BCUT2D eigenvalue weighted by molar-refractivity contribution is 5.94. The number of aromatic nitrogens is 1. The lowest BCUT2D eigenvalue weighted by molar-refractivity contribution is -0.186. The van der Waals surface area contributed by atoms with E-state index in [1.165, 1.54) is 14.2 Å². The van der Waals surface area contributed by atoms with Gasteiger partial charge >= 0.3 is 18.0 Å². The van der Waals surface area contributed by atoms with Gasteiger partial charge < -0.3 is 19.5 Å². The number of hydrogen-bond acceptors (Lipinski definition) is 8. The van der Waals surface area contributed by atoms with Gasteiger partial charge in [0.1, 0.15) is 5.60 Å². The third-order valence-electron chi connectivity index (χ3n) is 13.1. The molecule has 2 atom stereocenters. The summed E-state index contributed by atoms with van der Waals surface area (Å²) in [5, 5.41) is 4.37. The summed E-state index contributed by atoms with van der Waals surface area (Å²) >= 11 is 0. The minimum absolute atomic E-state index is 0.0123. The van der Waals surface area contributed by atoms with Gasteiger partial charge in [0.25, 0.3) is 0 Å². The maximum atomic E-state index is 14.1. The Morgan fingerprint density at radius 3 is 1.82 bits per heavy atom. The van der Waals surface area contributed by atoms with E-state index in [1.807, 2.05) is 58.0 Å². The Kier molecular flexibility index (Phi) is 12.0. The van der Waals surface area contributed by atoms with Crippen LogP contribution < -0.4 is 5.32 Å². The number of fused-ring (bicyclic) bond motifs is 1. The van der Waals surface area contributed by atoms with Crippen molar-refractivity contribution in [1.82, 2.24) is 14.8 Å². The Balaban J connectivity index is 0.000000224. The Morgan fingerprint density at radius 1 is 0.754 bits per heavy atom. The van der Waals surface area contributed by atoms with Crippen LogP contribution in [-0.4, -0.2) is 72.3 Å². The zero-order valence-corrected chi connectivity index (χ0v) is 36.1. The van der Waals surface area contributed by atoms with Crippen LogP contribution in [0.2, 0.25) is 0 Å². The molecular weight excluding hydrogens is 791 g/mol. The number of methoxy groups -OCH3 is 2. The van der Waals surface area contributed by atoms with Gasteiger partial charge in [-0.3, -0.25) is 9.47 Å². The first-order chi connectivity index (χ1) is 28.6. The smallest absolute Gasteiger partial charge is 0.418 e. The molecule has 328 valence electrons. The fraction of sp³-hybridized carbons (Fsp3) is 0.521. The van der Waals surface area contributed by atoms with E-state index in [2.05, 4.69) is 27.9 Å². The molecule has 8 rings (SSSR count). The molecule has 9 nitrogen and oxygen atoms in total. The highest BCUT2D eigenvalue weighted by atomic mass is 19.3. The first kappa shape index (κ1) is 44.3. The monoisotopic (exact) mass is 847 g/mol. The van der Waals surface area contributed by atoms with Gasteiger partial charge in [0, 0.05) is 55.9 Å². The van der Waals surface area contributed by atoms with E-state index in [4.69, 9.17) is 9.47 Å². The molecule has 13 heteroatoms. The Labute approximate surface area is 355 Å². The molecule has 2 saturated heterocycles. The molecule has 2 spiro atoms. The number of carbonyl (C=O) groups excluding carboxylic acids is 3. The second kappa shape index (κ2) is 16.5. The summed E-state index contributed by atoms with van der Waals surface area (Å²) in [6.45, 7) is 11.7. The molecule has 3 heterocycles. The molecule has 2 saturated carbocycles. The largest absolute Gasteiger partial charge is 0.465 e. The van der Waals surface area contributed by atoms with Crippen LogP contribution in [0.4, 0.5) is 22.4 Å². The van der Waals surface area contributed by atoms with Crippen molar-refractivity contribution in [2.45, 2.75) is 122 Å². The highest BCUT2D eigenvalue weighted by Gasteiger charge is 2.59. The maximum Gasteiger partial charge on any atom is 0.418 e. The minimum atomic E-state index is -2.59. The number of piperidine rings is 2. The van der Waals surface area contributed by atoms with Gasteiger partial charge in [0.2, 0.25) is 11.8 Å². The van der Waals surface area contributed by atoms with E-state index in [-0.39, 0.29) is 54.6 Å². The molecule has 0 amide bonds. The zero-order valence-electron chi connectivity index (χ0n) is 36.1. The van der Waals surface area contributed by atoms with Crippen molar-refractivity contribution in [3.8, 4) is 0 Å². The van der Waals surface area contributed by atoms with Crippen LogP contribution >= 0.6 is 0 Å². The Morgan fingerprint density at radius 2 is 1.30 bits per heavy atom. The lowest BCUT2D eigenvalue weighted by Crippen LogP contribution is -2.53. The number of alkyl halides is 4. The van der Waals surface area contributed by atoms with Gasteiger partial charge in [0.15, 0.2) is 0 Å². The van der Waals surface area contributed by atoms with Crippen molar-refractivity contribution in [3.05, 3.63) is 106 Å². The molecule has 1 aromatic heterocycles. The predicted octanol–water partition coefficient (Wildman–Crippen LogP) is 10.9. The number of ether oxygens (including phenoxy) is 3. The first-order valence-corrected chi connectivity index (χ1v) is 21.1. The zero-order chi connectivity index (χ0) is 44.1. The lowest BCUT2D eigenvalue weighted by Gasteiger charge is -2.54. The van der Waals surface area contributed by atoms with E-state index < -0.39 is 29.5 Å². The molecule has 61 heavy (non-hydrogen) atoms. The summed E-state index contributed by atoms with van der Waals surface area (Å²) in [6.07, 6.45) is 4.12. The maximum absolute atomic E-state index is 14.1. The third kappa shape index (κ3) is 9.52. The number of likely N-dealkylation sites (tertiary alicyclic amines) is 1. The third-order valence-corrected chi connectivity index (χ3v) is 13.1. The molecule has 0 radical (unpaired) electrons. The SMILES string of the molecule is COC(=O)c1ccc([C@@H]2CC3(CCN2)CC(F)(F)C3)cc1.COC(=O)c1ccc([C@@H]2CC3(CCN2Cc2c(C)cc(C)c4c2ccn4C(=O)OC(C)(C)C)CC(F)(F)C3)cc1. The summed E-state index contributed by atoms with van der Waals surface area (Å²) < 4.78 is 71.3. The van der Waals surface area contributed by atoms with E-state index in [9.17, 15) is 31.9 Å². The number of esters is 2. The van der Waals surface area contributed by atoms with Crippen molar-refractivity contribution in [2.24, 2.45) is 10.8 Å². The Hall–Kier alpha value is -4.75. The number of halogens is 4. The van der Waals surface area contributed by atoms with Crippen LogP contribution in [0.1, 0.15) is 133 Å². The molecule has 0 unspecified atom stereocenters. The van der Waals surface area contributed by atoms with E-state index >= 15 is 0 Å². The van der Waals surface area contributed by atoms with E-state index in [0.717, 1.165) is 58.1 Å². The van der Waals surface area contributed by atoms with Crippen molar-refractivity contribution in [1.29, 1.82) is 0 Å². The number of benzene rings is 3. The van der Waals surface area contributed by atoms with E-state index in [0.29, 0.717) is 37.1 Å². The van der Waals surface area contributed by atoms with Crippen molar-refractivity contribution < 1.29 is 46.2 Å². The standard InChI is InChI=1S/C32H38F2N2O4.C16H19F2NO2/c1-20-15-21(2)27-24(11-13-36(27)29(38)40-30(3,4)5)25(20)17-35-14-12-31(18-32(33,34)19-31)16-26(35)22-7-9-23(10-8-22)28(37)39-6;1-21-14(20)12-4-2-11(3-5-12)13-8-15(6-7-19-13)9-16(17,18)10-15/h7-11,13,15,26H,12,14,16-19H2,1-6H3;2-5,13,19H,6-10H2,1H3/t26-;13-/m00/s1. The van der Waals surface area contributed by atoms with Crippen molar-refractivity contribution in [2.75, 3.05) is 27.3 Å². The van der Waals surface area contributed by atoms with Crippen molar-refractivity contribution >= 4 is 28.9 Å². The minimum Gasteiger partial charge on any atom is -0.465 e. The molecular formula is C48H57F4N3O6. The number of nitrogens with one attached hydrogen (secondary N) is 1. The fourth-order valence-electron chi connectivity index (χ4n) is 10.4. The topological polar surface area (TPSA) is 99.1 Å². The molecule has 4 aromatic rings. The molecule has 2 aliphatic carbocycles. The molecule has 1 N–H and O–H groups in total. The lowest BCUT2D eigenvalue weighted by atomic mass is 9.59. The summed E-state index contributed by atoms with van der Waals surface area (Å²) in [7, 11) is 2.69. The van der Waals surface area contributed by atoms with Crippen LogP contribution in [0.25, 0.3) is 10.9 Å². The van der Waals surface area contributed by atoms with Gasteiger partial charge in [-0.25, -0.2) is 31.9 Å². The molecule has 0 bridgehead atoms. The van der Waals surface area contributed by atoms with Crippen LogP contribution in [0.15, 0.2) is 66.9 Å². The molecule has 2 aliphatic heterocycles. The Bertz CT molecular complexity index is 2270. The average molecular weight is 848 g/mol. The van der Waals surface area contributed by atoms with Crippen LogP contribution in [-0.2, 0) is 20.8 Å². The average Bonchev–Trinajstić information content (AvgIpc) is 3.64. The number of hydrogen-bond donors (Lipinski definition) is 1. The summed E-state index contributed by atoms with van der Waals surface area (Å²) in [4.78, 5) is 38.8. The number of carbonyl (C=O) groups is 3. The summed E-state index contributed by atoms with van der Waals surface area (Å²) in [5.41, 5.74) is 5.82. The van der Waals surface area contributed by atoms with Gasteiger partial charge in [-0.1, -0.05) is 30.3 Å². The second-order valence-electron chi connectivity index (χ2n) is 19.0. The fourth-order valence-corrected chi connectivity index (χ4v) is 10.4. The number of rotatable bonds is 6. The molecule has 3 aromatic carbocycles. The summed E-state index contributed by atoms with van der Waals surface area (Å²) in [6, 6.07) is 18.6. The molecule has 4 aliphatic rings. The predicted molar refractivity (Wildman–Crippen MR) is 224 cm³/mol. The summed E-state index contributed by atoms with van der Waals surface area (Å²) in [5.74, 6) is -5.84. The highest BCUT2D eigenvalue weighted by Crippen LogP contribution is 2.61. The number of aryl methyl sites for hydroxylation is 2. The number of nitrogens with zero attached hydrogens (tertiary/aromatic N) is 2. The van der Waals surface area contributed by atoms with Crippen LogP contribution in [0, 0.1) is 24.7 Å². The van der Waals surface area contributed by atoms with Crippen LogP contribution in [0.5, 0.6) is 0 Å². The van der Waals surface area contributed by atoms with Crippen molar-refractivity contribution in [3.63, 3.8) is 0 Å². The van der Waals surface area contributed by atoms with Gasteiger partial charge in [-0.15, -0.1) is 0 Å².